The Bertz CT molecular complexity index is 1120. The summed E-state index contributed by atoms with van der Waals surface area (Å²) < 4.78 is 1.55. The van der Waals surface area contributed by atoms with Gasteiger partial charge in [0.25, 0.3) is 0 Å². The van der Waals surface area contributed by atoms with Gasteiger partial charge in [-0.3, -0.25) is 4.31 Å². The van der Waals surface area contributed by atoms with Gasteiger partial charge in [0.1, 0.15) is 5.82 Å². The summed E-state index contributed by atoms with van der Waals surface area (Å²) in [6, 6.07) is 14.2. The Morgan fingerprint density at radius 2 is 1.64 bits per heavy atom. The zero-order valence-electron chi connectivity index (χ0n) is 19.7. The lowest BCUT2D eigenvalue weighted by atomic mass is 9.91. The molecule has 4 rings (SSSR count). The van der Waals surface area contributed by atoms with E-state index in [1.165, 1.54) is 0 Å². The molecule has 1 saturated carbocycles. The van der Waals surface area contributed by atoms with Gasteiger partial charge < -0.3 is 15.5 Å². The number of rotatable bonds is 5. The minimum Gasteiger partial charge on any atom is -0.362 e. The maximum atomic E-state index is 12.8. The monoisotopic (exact) mass is 464 g/mol. The molecule has 0 spiro atoms. The van der Waals surface area contributed by atoms with Gasteiger partial charge >= 0.3 is 6.03 Å². The smallest absolute Gasteiger partial charge is 0.331 e. The molecular formula is C25H32N6OS. The van der Waals surface area contributed by atoms with Crippen molar-refractivity contribution in [3.63, 3.8) is 0 Å². The molecule has 1 aliphatic rings. The normalized spacial score (nSPS) is 18.1. The number of carbonyl (C=O) groups excluding carboxylic acids is 1. The van der Waals surface area contributed by atoms with Gasteiger partial charge in [0.15, 0.2) is 0 Å². The molecule has 33 heavy (non-hydrogen) atoms. The minimum atomic E-state index is -0.180. The molecule has 1 fully saturated rings. The van der Waals surface area contributed by atoms with Crippen molar-refractivity contribution in [1.82, 2.24) is 14.3 Å². The number of nitrogens with zero attached hydrogens (tertiary/aromatic N) is 4. The van der Waals surface area contributed by atoms with Gasteiger partial charge in [-0.2, -0.15) is 4.98 Å². The quantitative estimate of drug-likeness (QED) is 0.440. The Balaban J connectivity index is 1.37. The number of benzene rings is 2. The van der Waals surface area contributed by atoms with Crippen LogP contribution >= 0.6 is 12.8 Å². The molecule has 8 heteroatoms. The Kier molecular flexibility index (Phi) is 6.93. The fourth-order valence-electron chi connectivity index (χ4n) is 4.45. The predicted molar refractivity (Wildman–Crippen MR) is 139 cm³/mol. The lowest BCUT2D eigenvalue weighted by molar-refractivity contribution is 0.217. The largest absolute Gasteiger partial charge is 0.362 e. The minimum absolute atomic E-state index is 0.0885. The summed E-state index contributed by atoms with van der Waals surface area (Å²) in [7, 11) is 3.99. The number of nitrogens with one attached hydrogen (secondary N) is 2. The summed E-state index contributed by atoms with van der Waals surface area (Å²) in [6.07, 6.45) is 3.59. The molecule has 0 radical (unpaired) electrons. The molecule has 0 saturated heterocycles. The molecule has 0 atom stereocenters. The first-order valence-corrected chi connectivity index (χ1v) is 11.8. The SMILES string of the molecule is Cc1cccc(C)c1NC(=O)N(S)C1CCC(Nc2nc(N(C)C)c3ccccc3n2)CC1. The summed E-state index contributed by atoms with van der Waals surface area (Å²) in [6.45, 7) is 4.00. The first kappa shape index (κ1) is 23.2. The number of para-hydroxylation sites is 2. The third kappa shape index (κ3) is 5.16. The molecule has 7 nitrogen and oxygen atoms in total. The van der Waals surface area contributed by atoms with Crippen LogP contribution in [0.3, 0.4) is 0 Å². The molecular weight excluding hydrogens is 432 g/mol. The second kappa shape index (κ2) is 9.87. The second-order valence-electron chi connectivity index (χ2n) is 8.97. The molecule has 2 N–H and O–H groups in total. The van der Waals surface area contributed by atoms with Crippen LogP contribution in [-0.4, -0.2) is 46.5 Å². The number of amides is 2. The maximum absolute atomic E-state index is 12.8. The number of aromatic nitrogens is 2. The van der Waals surface area contributed by atoms with Crippen LogP contribution in [0.4, 0.5) is 22.2 Å². The van der Waals surface area contributed by atoms with Gasteiger partial charge in [-0.25, -0.2) is 9.78 Å². The highest BCUT2D eigenvalue weighted by Gasteiger charge is 2.28. The average Bonchev–Trinajstić information content (AvgIpc) is 2.81. The lowest BCUT2D eigenvalue weighted by Gasteiger charge is -2.34. The number of hydrogen-bond donors (Lipinski definition) is 3. The highest BCUT2D eigenvalue weighted by atomic mass is 32.1. The fourth-order valence-corrected chi connectivity index (χ4v) is 4.74. The van der Waals surface area contributed by atoms with E-state index in [4.69, 9.17) is 9.97 Å². The topological polar surface area (TPSA) is 73.4 Å². The van der Waals surface area contributed by atoms with Crippen molar-refractivity contribution in [2.45, 2.75) is 51.6 Å². The summed E-state index contributed by atoms with van der Waals surface area (Å²) >= 11 is 4.54. The van der Waals surface area contributed by atoms with Crippen molar-refractivity contribution in [3.05, 3.63) is 53.6 Å². The van der Waals surface area contributed by atoms with E-state index in [2.05, 4.69) is 23.4 Å². The van der Waals surface area contributed by atoms with E-state index >= 15 is 0 Å². The lowest BCUT2D eigenvalue weighted by Crippen LogP contribution is -2.41. The van der Waals surface area contributed by atoms with Crippen molar-refractivity contribution >= 4 is 47.2 Å². The molecule has 2 aromatic carbocycles. The summed E-state index contributed by atoms with van der Waals surface area (Å²) in [5.74, 6) is 1.55. The van der Waals surface area contributed by atoms with Gasteiger partial charge in [-0.05, 0) is 62.8 Å². The van der Waals surface area contributed by atoms with Gasteiger partial charge in [-0.1, -0.05) is 43.1 Å². The second-order valence-corrected chi connectivity index (χ2v) is 9.40. The van der Waals surface area contributed by atoms with Crippen LogP contribution in [0.5, 0.6) is 0 Å². The van der Waals surface area contributed by atoms with Crippen molar-refractivity contribution in [1.29, 1.82) is 0 Å². The number of aryl methyl sites for hydroxylation is 2. The first-order valence-electron chi connectivity index (χ1n) is 11.4. The van der Waals surface area contributed by atoms with Crippen molar-refractivity contribution < 1.29 is 4.79 Å². The molecule has 0 aliphatic heterocycles. The Hall–Kier alpha value is -3.00. The van der Waals surface area contributed by atoms with E-state index in [-0.39, 0.29) is 18.1 Å². The number of thiol groups is 1. The standard InChI is InChI=1S/C25H32N6OS/c1-16-8-7-9-17(2)22(16)28-25(32)31(33)19-14-12-18(13-15-19)26-24-27-21-11-6-5-10-20(21)23(29-24)30(3)4/h5-11,18-19,33H,12-15H2,1-4H3,(H,28,32)(H,26,27,29). The first-order chi connectivity index (χ1) is 15.8. The Morgan fingerprint density at radius 3 is 2.30 bits per heavy atom. The van der Waals surface area contributed by atoms with Gasteiger partial charge in [-0.15, -0.1) is 0 Å². The van der Waals surface area contributed by atoms with Crippen molar-refractivity contribution in [2.75, 3.05) is 29.6 Å². The predicted octanol–water partition coefficient (Wildman–Crippen LogP) is 5.41. The van der Waals surface area contributed by atoms with E-state index in [9.17, 15) is 4.79 Å². The molecule has 0 bridgehead atoms. The van der Waals surface area contributed by atoms with E-state index < -0.39 is 0 Å². The Morgan fingerprint density at radius 1 is 0.970 bits per heavy atom. The van der Waals surface area contributed by atoms with Gasteiger partial charge in [0, 0.05) is 37.3 Å². The van der Waals surface area contributed by atoms with Crippen LogP contribution in [0.15, 0.2) is 42.5 Å². The maximum Gasteiger partial charge on any atom is 0.331 e. The highest BCUT2D eigenvalue weighted by molar-refractivity contribution is 7.78. The van der Waals surface area contributed by atoms with Gasteiger partial charge in [0.05, 0.1) is 5.52 Å². The third-order valence-electron chi connectivity index (χ3n) is 6.30. The van der Waals surface area contributed by atoms with E-state index in [0.717, 1.165) is 59.2 Å². The highest BCUT2D eigenvalue weighted by Crippen LogP contribution is 2.29. The molecule has 0 unspecified atom stereocenters. The van der Waals surface area contributed by atoms with E-state index in [1.807, 2.05) is 75.3 Å². The van der Waals surface area contributed by atoms with E-state index in [0.29, 0.717) is 5.95 Å². The molecule has 1 heterocycles. The summed E-state index contributed by atoms with van der Waals surface area (Å²) in [5.41, 5.74) is 3.88. The molecule has 1 aliphatic carbocycles. The number of fused-ring (bicyclic) bond motifs is 1. The average molecular weight is 465 g/mol. The zero-order chi connectivity index (χ0) is 23.5. The summed E-state index contributed by atoms with van der Waals surface area (Å²) in [4.78, 5) is 24.3. The summed E-state index contributed by atoms with van der Waals surface area (Å²) in [5, 5.41) is 7.59. The molecule has 2 amide bonds. The van der Waals surface area contributed by atoms with Crippen LogP contribution in [0.1, 0.15) is 36.8 Å². The van der Waals surface area contributed by atoms with Crippen LogP contribution < -0.4 is 15.5 Å². The molecule has 174 valence electrons. The van der Waals surface area contributed by atoms with Crippen LogP contribution in [-0.2, 0) is 0 Å². The van der Waals surface area contributed by atoms with Crippen LogP contribution in [0.2, 0.25) is 0 Å². The van der Waals surface area contributed by atoms with Gasteiger partial charge in [0.2, 0.25) is 5.95 Å². The van der Waals surface area contributed by atoms with Crippen molar-refractivity contribution in [3.8, 4) is 0 Å². The number of hydrogen-bond acceptors (Lipinski definition) is 6. The Labute approximate surface area is 201 Å². The fraction of sp³-hybridized carbons (Fsp3) is 0.400. The molecule has 3 aromatic rings. The van der Waals surface area contributed by atoms with Crippen molar-refractivity contribution in [2.24, 2.45) is 0 Å². The third-order valence-corrected chi connectivity index (χ3v) is 6.81. The molecule has 1 aromatic heterocycles. The van der Waals surface area contributed by atoms with Crippen LogP contribution in [0.25, 0.3) is 10.9 Å². The van der Waals surface area contributed by atoms with E-state index in [1.54, 1.807) is 4.31 Å². The number of urea groups is 1. The zero-order valence-corrected chi connectivity index (χ0v) is 20.6. The number of carbonyl (C=O) groups is 1. The van der Waals surface area contributed by atoms with Crippen LogP contribution in [0, 0.1) is 13.8 Å². The number of anilines is 3.